The van der Waals surface area contributed by atoms with Gasteiger partial charge in [0.15, 0.2) is 11.8 Å². The van der Waals surface area contributed by atoms with Gasteiger partial charge in [0.2, 0.25) is 0 Å². The third kappa shape index (κ3) is 7.11. The van der Waals surface area contributed by atoms with Crippen LogP contribution in [0.25, 0.3) is 11.5 Å². The molecule has 3 aromatic rings. The van der Waals surface area contributed by atoms with Gasteiger partial charge >= 0.3 is 0 Å². The third-order valence-electron chi connectivity index (χ3n) is 4.49. The molecule has 32 heavy (non-hydrogen) atoms. The van der Waals surface area contributed by atoms with Crippen LogP contribution in [-0.2, 0) is 12.8 Å². The zero-order valence-corrected chi connectivity index (χ0v) is 21.0. The molecular formula is C23H30IN5O3. The summed E-state index contributed by atoms with van der Waals surface area (Å²) >= 11 is 0. The SMILES string of the molecule is CCOc1ccc(OCC)c(NC(N)=NCCc2ccc(-c3nc(CC)no3)cc2)c1.I. The van der Waals surface area contributed by atoms with Crippen LogP contribution in [0.3, 0.4) is 0 Å². The Labute approximate surface area is 205 Å². The third-order valence-corrected chi connectivity index (χ3v) is 4.49. The smallest absolute Gasteiger partial charge is 0.257 e. The highest BCUT2D eigenvalue weighted by atomic mass is 127. The van der Waals surface area contributed by atoms with Crippen LogP contribution in [0.1, 0.15) is 32.2 Å². The van der Waals surface area contributed by atoms with E-state index >= 15 is 0 Å². The van der Waals surface area contributed by atoms with E-state index in [1.54, 1.807) is 0 Å². The zero-order chi connectivity index (χ0) is 22.1. The highest BCUT2D eigenvalue weighted by molar-refractivity contribution is 14.0. The van der Waals surface area contributed by atoms with Crippen LogP contribution in [0, 0.1) is 0 Å². The number of aliphatic imine (C=N–C) groups is 1. The van der Waals surface area contributed by atoms with Gasteiger partial charge in [0.1, 0.15) is 11.5 Å². The van der Waals surface area contributed by atoms with Crippen LogP contribution in [0.4, 0.5) is 5.69 Å². The van der Waals surface area contributed by atoms with E-state index in [1.165, 1.54) is 0 Å². The molecule has 0 saturated carbocycles. The second kappa shape index (κ2) is 12.9. The second-order valence-corrected chi connectivity index (χ2v) is 6.73. The Morgan fingerprint density at radius 3 is 2.47 bits per heavy atom. The van der Waals surface area contributed by atoms with Crippen LogP contribution in [-0.4, -0.2) is 35.9 Å². The fourth-order valence-corrected chi connectivity index (χ4v) is 2.96. The Hall–Kier alpha value is -2.82. The van der Waals surface area contributed by atoms with Crippen molar-refractivity contribution in [1.29, 1.82) is 0 Å². The summed E-state index contributed by atoms with van der Waals surface area (Å²) in [5.41, 5.74) is 8.86. The minimum absolute atomic E-state index is 0. The molecule has 0 unspecified atom stereocenters. The number of benzene rings is 2. The molecule has 9 heteroatoms. The lowest BCUT2D eigenvalue weighted by Crippen LogP contribution is -2.23. The van der Waals surface area contributed by atoms with Crippen molar-refractivity contribution in [3.8, 4) is 23.0 Å². The van der Waals surface area contributed by atoms with Gasteiger partial charge in [-0.1, -0.05) is 24.2 Å². The molecule has 0 spiro atoms. The number of rotatable bonds is 10. The first-order chi connectivity index (χ1) is 15.1. The lowest BCUT2D eigenvalue weighted by Gasteiger charge is -2.14. The van der Waals surface area contributed by atoms with E-state index in [0.29, 0.717) is 43.2 Å². The summed E-state index contributed by atoms with van der Waals surface area (Å²) in [6.07, 6.45) is 1.50. The Bertz CT molecular complexity index is 1010. The van der Waals surface area contributed by atoms with Crippen molar-refractivity contribution in [2.75, 3.05) is 25.1 Å². The van der Waals surface area contributed by atoms with Gasteiger partial charge in [0, 0.05) is 24.6 Å². The number of nitrogens with zero attached hydrogens (tertiary/aromatic N) is 3. The molecule has 0 atom stereocenters. The Morgan fingerprint density at radius 2 is 1.81 bits per heavy atom. The lowest BCUT2D eigenvalue weighted by molar-refractivity contribution is 0.332. The van der Waals surface area contributed by atoms with E-state index in [4.69, 9.17) is 19.7 Å². The van der Waals surface area contributed by atoms with E-state index in [0.717, 1.165) is 35.4 Å². The maximum absolute atomic E-state index is 6.09. The molecule has 0 amide bonds. The van der Waals surface area contributed by atoms with Crippen molar-refractivity contribution >= 4 is 35.6 Å². The minimum atomic E-state index is 0. The molecule has 0 bridgehead atoms. The predicted molar refractivity (Wildman–Crippen MR) is 137 cm³/mol. The zero-order valence-electron chi connectivity index (χ0n) is 18.6. The van der Waals surface area contributed by atoms with Crippen LogP contribution in [0.2, 0.25) is 0 Å². The number of guanidine groups is 1. The average Bonchev–Trinajstić information content (AvgIpc) is 3.26. The van der Waals surface area contributed by atoms with Crippen molar-refractivity contribution in [3.05, 3.63) is 53.9 Å². The number of hydrogen-bond donors (Lipinski definition) is 2. The molecule has 0 fully saturated rings. The molecule has 1 heterocycles. The standard InChI is InChI=1S/C23H29N5O3.HI/c1-4-21-27-22(31-28-21)17-9-7-16(8-10-17)13-14-25-23(24)26-19-15-18(29-5-2)11-12-20(19)30-6-3;/h7-12,15H,4-6,13-14H2,1-3H3,(H3,24,25,26);1H. The summed E-state index contributed by atoms with van der Waals surface area (Å²) in [5.74, 6) is 3.01. The number of halogens is 1. The summed E-state index contributed by atoms with van der Waals surface area (Å²) in [6.45, 7) is 7.56. The average molecular weight is 551 g/mol. The number of anilines is 1. The first kappa shape index (κ1) is 25.4. The molecule has 0 aliphatic rings. The molecule has 0 aliphatic carbocycles. The maximum atomic E-state index is 6.09. The number of aromatic nitrogens is 2. The molecule has 3 rings (SSSR count). The van der Waals surface area contributed by atoms with Gasteiger partial charge in [0.25, 0.3) is 5.89 Å². The van der Waals surface area contributed by atoms with Gasteiger partial charge in [-0.15, -0.1) is 24.0 Å². The van der Waals surface area contributed by atoms with Gasteiger partial charge in [-0.2, -0.15) is 4.98 Å². The van der Waals surface area contributed by atoms with Gasteiger partial charge in [0.05, 0.1) is 18.9 Å². The minimum Gasteiger partial charge on any atom is -0.494 e. The first-order valence-corrected chi connectivity index (χ1v) is 10.5. The number of nitrogens with two attached hydrogens (primary N) is 1. The number of nitrogens with one attached hydrogen (secondary N) is 1. The Kier molecular flexibility index (Phi) is 10.3. The normalized spacial score (nSPS) is 11.0. The highest BCUT2D eigenvalue weighted by Gasteiger charge is 2.08. The van der Waals surface area contributed by atoms with Crippen molar-refractivity contribution in [3.63, 3.8) is 0 Å². The van der Waals surface area contributed by atoms with Crippen LogP contribution >= 0.6 is 24.0 Å². The van der Waals surface area contributed by atoms with Crippen molar-refractivity contribution in [2.45, 2.75) is 33.6 Å². The molecule has 172 valence electrons. The number of ether oxygens (including phenoxy) is 2. The summed E-state index contributed by atoms with van der Waals surface area (Å²) in [4.78, 5) is 8.78. The van der Waals surface area contributed by atoms with Gasteiger partial charge < -0.3 is 25.0 Å². The Balaban J connectivity index is 0.00000363. The van der Waals surface area contributed by atoms with Crippen molar-refractivity contribution < 1.29 is 14.0 Å². The van der Waals surface area contributed by atoms with Crippen molar-refractivity contribution in [1.82, 2.24) is 10.1 Å². The van der Waals surface area contributed by atoms with Gasteiger partial charge in [-0.25, -0.2) is 0 Å². The van der Waals surface area contributed by atoms with Crippen molar-refractivity contribution in [2.24, 2.45) is 10.7 Å². The predicted octanol–water partition coefficient (Wildman–Crippen LogP) is 4.68. The molecule has 0 radical (unpaired) electrons. The first-order valence-electron chi connectivity index (χ1n) is 10.5. The van der Waals surface area contributed by atoms with Crippen LogP contribution in [0.15, 0.2) is 52.0 Å². The monoisotopic (exact) mass is 551 g/mol. The van der Waals surface area contributed by atoms with E-state index in [-0.39, 0.29) is 24.0 Å². The fourth-order valence-electron chi connectivity index (χ4n) is 2.96. The second-order valence-electron chi connectivity index (χ2n) is 6.73. The molecule has 1 aromatic heterocycles. The molecular weight excluding hydrogens is 521 g/mol. The topological polar surface area (TPSA) is 108 Å². The molecule has 3 N–H and O–H groups in total. The van der Waals surface area contributed by atoms with E-state index < -0.39 is 0 Å². The van der Waals surface area contributed by atoms with E-state index in [1.807, 2.05) is 63.2 Å². The fraction of sp³-hybridized carbons (Fsp3) is 0.348. The number of aryl methyl sites for hydroxylation is 1. The lowest BCUT2D eigenvalue weighted by atomic mass is 10.1. The Morgan fingerprint density at radius 1 is 1.06 bits per heavy atom. The summed E-state index contributed by atoms with van der Waals surface area (Å²) < 4.78 is 16.5. The van der Waals surface area contributed by atoms with Gasteiger partial charge in [-0.05, 0) is 50.1 Å². The molecule has 0 aliphatic heterocycles. The highest BCUT2D eigenvalue weighted by Crippen LogP contribution is 2.29. The largest absolute Gasteiger partial charge is 0.494 e. The van der Waals surface area contributed by atoms with Crippen LogP contribution in [0.5, 0.6) is 11.5 Å². The maximum Gasteiger partial charge on any atom is 0.257 e. The molecule has 2 aromatic carbocycles. The summed E-state index contributed by atoms with van der Waals surface area (Å²) in [5, 5.41) is 7.04. The molecule has 8 nitrogen and oxygen atoms in total. The van der Waals surface area contributed by atoms with Crippen LogP contribution < -0.4 is 20.5 Å². The summed E-state index contributed by atoms with van der Waals surface area (Å²) in [7, 11) is 0. The molecule has 0 saturated heterocycles. The summed E-state index contributed by atoms with van der Waals surface area (Å²) in [6, 6.07) is 13.6. The van der Waals surface area contributed by atoms with E-state index in [9.17, 15) is 0 Å². The van der Waals surface area contributed by atoms with Gasteiger partial charge in [-0.3, -0.25) is 4.99 Å². The number of hydrogen-bond acceptors (Lipinski definition) is 6. The quantitative estimate of drug-likeness (QED) is 0.214. The van der Waals surface area contributed by atoms with E-state index in [2.05, 4.69) is 20.4 Å².